The first-order chi connectivity index (χ1) is 6.16. The highest BCUT2D eigenvalue weighted by Crippen LogP contribution is 2.04. The van der Waals surface area contributed by atoms with E-state index >= 15 is 0 Å². The lowest BCUT2D eigenvalue weighted by Gasteiger charge is -2.14. The molecule has 0 aromatic heterocycles. The first-order valence-corrected chi connectivity index (χ1v) is 5.58. The zero-order chi connectivity index (χ0) is 10.1. The lowest BCUT2D eigenvalue weighted by Crippen LogP contribution is -2.32. The number of nitrogens with one attached hydrogen (secondary N) is 1. The van der Waals surface area contributed by atoms with E-state index in [0.717, 1.165) is 6.54 Å². The van der Waals surface area contributed by atoms with Gasteiger partial charge in [-0.15, -0.1) is 0 Å². The Morgan fingerprint density at radius 2 is 1.85 bits per heavy atom. The second-order valence-corrected chi connectivity index (χ2v) is 4.01. The summed E-state index contributed by atoms with van der Waals surface area (Å²) in [5, 5.41) is 12.4. The molecule has 0 unspecified atom stereocenters. The number of aliphatic hydroxyl groups is 1. The van der Waals surface area contributed by atoms with E-state index in [0.29, 0.717) is 6.04 Å². The molecule has 0 saturated heterocycles. The topological polar surface area (TPSA) is 32.3 Å². The van der Waals surface area contributed by atoms with Crippen LogP contribution in [-0.4, -0.2) is 23.8 Å². The number of rotatable bonds is 8. The van der Waals surface area contributed by atoms with Crippen molar-refractivity contribution in [3.8, 4) is 0 Å². The van der Waals surface area contributed by atoms with Crippen LogP contribution in [0.1, 0.15) is 52.9 Å². The minimum atomic E-state index is -0.224. The lowest BCUT2D eigenvalue weighted by atomic mass is 10.1. The summed E-state index contributed by atoms with van der Waals surface area (Å²) in [6.07, 6.45) is 6.31. The molecule has 0 saturated carbocycles. The molecule has 0 radical (unpaired) electrons. The summed E-state index contributed by atoms with van der Waals surface area (Å²) in [5.74, 6) is 0. The third-order valence-corrected chi connectivity index (χ3v) is 2.25. The van der Waals surface area contributed by atoms with Gasteiger partial charge in [-0.25, -0.2) is 0 Å². The molecule has 0 amide bonds. The quantitative estimate of drug-likeness (QED) is 0.572. The van der Waals surface area contributed by atoms with E-state index in [9.17, 15) is 0 Å². The van der Waals surface area contributed by atoms with Gasteiger partial charge in [-0.1, -0.05) is 32.6 Å². The van der Waals surface area contributed by atoms with Crippen LogP contribution in [0.2, 0.25) is 0 Å². The van der Waals surface area contributed by atoms with Crippen LogP contribution >= 0.6 is 0 Å². The van der Waals surface area contributed by atoms with E-state index in [4.69, 9.17) is 5.11 Å². The van der Waals surface area contributed by atoms with Crippen LogP contribution in [-0.2, 0) is 0 Å². The SMILES string of the molecule is CCCCCC[C@H](C)NC[C@H](C)O. The normalized spacial score (nSPS) is 15.7. The van der Waals surface area contributed by atoms with Gasteiger partial charge < -0.3 is 10.4 Å². The summed E-state index contributed by atoms with van der Waals surface area (Å²) < 4.78 is 0. The highest BCUT2D eigenvalue weighted by molar-refractivity contribution is 4.62. The van der Waals surface area contributed by atoms with Crippen molar-refractivity contribution in [3.63, 3.8) is 0 Å². The maximum Gasteiger partial charge on any atom is 0.0636 e. The van der Waals surface area contributed by atoms with Gasteiger partial charge in [0.25, 0.3) is 0 Å². The molecule has 0 rings (SSSR count). The molecule has 0 fully saturated rings. The predicted octanol–water partition coefficient (Wildman–Crippen LogP) is 2.32. The first-order valence-electron chi connectivity index (χ1n) is 5.58. The van der Waals surface area contributed by atoms with Gasteiger partial charge in [0.05, 0.1) is 6.10 Å². The van der Waals surface area contributed by atoms with E-state index in [1.165, 1.54) is 32.1 Å². The van der Waals surface area contributed by atoms with E-state index < -0.39 is 0 Å². The molecule has 2 nitrogen and oxygen atoms in total. The van der Waals surface area contributed by atoms with E-state index in [1.807, 2.05) is 6.92 Å². The van der Waals surface area contributed by atoms with Crippen molar-refractivity contribution in [2.45, 2.75) is 65.0 Å². The van der Waals surface area contributed by atoms with Crippen molar-refractivity contribution in [1.29, 1.82) is 0 Å². The molecule has 0 aliphatic rings. The number of aliphatic hydroxyl groups excluding tert-OH is 1. The van der Waals surface area contributed by atoms with Gasteiger partial charge >= 0.3 is 0 Å². The number of hydrogen-bond donors (Lipinski definition) is 2. The molecular formula is C11H25NO. The van der Waals surface area contributed by atoms with Crippen LogP contribution in [0, 0.1) is 0 Å². The lowest BCUT2D eigenvalue weighted by molar-refractivity contribution is 0.186. The molecule has 0 heterocycles. The van der Waals surface area contributed by atoms with Crippen LogP contribution in [0.4, 0.5) is 0 Å². The van der Waals surface area contributed by atoms with Crippen molar-refractivity contribution in [2.75, 3.05) is 6.54 Å². The maximum absolute atomic E-state index is 9.05. The van der Waals surface area contributed by atoms with Gasteiger partial charge in [-0.05, 0) is 20.3 Å². The minimum absolute atomic E-state index is 0.224. The average molecular weight is 187 g/mol. The molecule has 13 heavy (non-hydrogen) atoms. The van der Waals surface area contributed by atoms with Crippen molar-refractivity contribution in [3.05, 3.63) is 0 Å². The molecule has 2 N–H and O–H groups in total. The molecular weight excluding hydrogens is 162 g/mol. The predicted molar refractivity (Wildman–Crippen MR) is 57.9 cm³/mol. The first kappa shape index (κ1) is 12.9. The average Bonchev–Trinajstić information content (AvgIpc) is 2.09. The summed E-state index contributed by atoms with van der Waals surface area (Å²) in [5.41, 5.74) is 0. The molecule has 2 atom stereocenters. The van der Waals surface area contributed by atoms with Crippen molar-refractivity contribution in [1.82, 2.24) is 5.32 Å². The van der Waals surface area contributed by atoms with Gasteiger partial charge in [0.2, 0.25) is 0 Å². The van der Waals surface area contributed by atoms with Crippen LogP contribution in [0.25, 0.3) is 0 Å². The highest BCUT2D eigenvalue weighted by atomic mass is 16.3. The van der Waals surface area contributed by atoms with Gasteiger partial charge in [0.15, 0.2) is 0 Å². The minimum Gasteiger partial charge on any atom is -0.392 e. The summed E-state index contributed by atoms with van der Waals surface area (Å²) in [6, 6.07) is 0.548. The fourth-order valence-electron chi connectivity index (χ4n) is 1.35. The number of hydrogen-bond acceptors (Lipinski definition) is 2. The zero-order valence-electron chi connectivity index (χ0n) is 9.34. The Labute approximate surface area is 82.7 Å². The van der Waals surface area contributed by atoms with E-state index in [1.54, 1.807) is 0 Å². The fourth-order valence-corrected chi connectivity index (χ4v) is 1.35. The van der Waals surface area contributed by atoms with Crippen molar-refractivity contribution < 1.29 is 5.11 Å². The molecule has 2 heteroatoms. The molecule has 0 spiro atoms. The standard InChI is InChI=1S/C11H25NO/c1-4-5-6-7-8-10(2)12-9-11(3)13/h10-13H,4-9H2,1-3H3/t10-,11-/m0/s1. The van der Waals surface area contributed by atoms with Crippen molar-refractivity contribution >= 4 is 0 Å². The third-order valence-electron chi connectivity index (χ3n) is 2.25. The Bertz CT molecular complexity index is 104. The summed E-state index contributed by atoms with van der Waals surface area (Å²) in [4.78, 5) is 0. The monoisotopic (exact) mass is 187 g/mol. The van der Waals surface area contributed by atoms with E-state index in [2.05, 4.69) is 19.2 Å². The van der Waals surface area contributed by atoms with Gasteiger partial charge in [-0.2, -0.15) is 0 Å². The van der Waals surface area contributed by atoms with E-state index in [-0.39, 0.29) is 6.10 Å². The second kappa shape index (κ2) is 8.52. The molecule has 0 aliphatic carbocycles. The zero-order valence-corrected chi connectivity index (χ0v) is 9.34. The van der Waals surface area contributed by atoms with Crippen LogP contribution in [0.3, 0.4) is 0 Å². The molecule has 80 valence electrons. The number of unbranched alkanes of at least 4 members (excludes halogenated alkanes) is 3. The van der Waals surface area contributed by atoms with Crippen LogP contribution in [0.15, 0.2) is 0 Å². The van der Waals surface area contributed by atoms with Crippen LogP contribution < -0.4 is 5.32 Å². The Balaban J connectivity index is 3.15. The van der Waals surface area contributed by atoms with Gasteiger partial charge in [-0.3, -0.25) is 0 Å². The summed E-state index contributed by atoms with van der Waals surface area (Å²) in [7, 11) is 0. The highest BCUT2D eigenvalue weighted by Gasteiger charge is 2.02. The molecule has 0 aliphatic heterocycles. The largest absolute Gasteiger partial charge is 0.392 e. The Morgan fingerprint density at radius 1 is 1.15 bits per heavy atom. The summed E-state index contributed by atoms with van der Waals surface area (Å²) >= 11 is 0. The van der Waals surface area contributed by atoms with Gasteiger partial charge in [0.1, 0.15) is 0 Å². The Kier molecular flexibility index (Phi) is 8.46. The molecule has 0 aromatic carbocycles. The summed E-state index contributed by atoms with van der Waals surface area (Å²) in [6.45, 7) is 6.95. The van der Waals surface area contributed by atoms with Gasteiger partial charge in [0, 0.05) is 12.6 Å². The van der Waals surface area contributed by atoms with Crippen molar-refractivity contribution in [2.24, 2.45) is 0 Å². The fraction of sp³-hybridized carbons (Fsp3) is 1.00. The molecule has 0 bridgehead atoms. The Hall–Kier alpha value is -0.0800. The smallest absolute Gasteiger partial charge is 0.0636 e. The molecule has 0 aromatic rings. The Morgan fingerprint density at radius 3 is 2.38 bits per heavy atom. The third kappa shape index (κ3) is 9.84. The van der Waals surface area contributed by atoms with Crippen LogP contribution in [0.5, 0.6) is 0 Å². The second-order valence-electron chi connectivity index (χ2n) is 4.01. The maximum atomic E-state index is 9.05.